The Hall–Kier alpha value is -1.75. The summed E-state index contributed by atoms with van der Waals surface area (Å²) in [6, 6.07) is 5.28. The van der Waals surface area contributed by atoms with Crippen LogP contribution in [-0.4, -0.2) is 22.4 Å². The minimum Gasteiger partial charge on any atom is -0.350 e. The highest BCUT2D eigenvalue weighted by Gasteiger charge is 2.05. The predicted molar refractivity (Wildman–Crippen MR) is 67.1 cm³/mol. The molecule has 2 aromatic rings. The van der Waals surface area contributed by atoms with Gasteiger partial charge in [0, 0.05) is 30.2 Å². The number of aryl methyl sites for hydroxylation is 1. The molecule has 0 bridgehead atoms. The van der Waals surface area contributed by atoms with Crippen LogP contribution < -0.4 is 5.32 Å². The Kier molecular flexibility index (Phi) is 3.82. The van der Waals surface area contributed by atoms with E-state index in [1.807, 2.05) is 13.1 Å². The molecule has 0 saturated heterocycles. The molecule has 0 spiro atoms. The molecule has 5 heteroatoms. The molecule has 4 nitrogen and oxygen atoms in total. The topological polar surface area (TPSA) is 54.9 Å². The van der Waals surface area contributed by atoms with Crippen molar-refractivity contribution in [2.45, 2.75) is 13.3 Å². The summed E-state index contributed by atoms with van der Waals surface area (Å²) in [5.74, 6) is -0.140. The SMILES string of the molecule is Cc1cnc(CCNC(=O)c2ccccn2)s1. The third-order valence-electron chi connectivity index (χ3n) is 2.19. The summed E-state index contributed by atoms with van der Waals surface area (Å²) in [6.07, 6.45) is 4.22. The highest BCUT2D eigenvalue weighted by molar-refractivity contribution is 7.11. The van der Waals surface area contributed by atoms with Gasteiger partial charge in [0.2, 0.25) is 0 Å². The van der Waals surface area contributed by atoms with Crippen LogP contribution in [-0.2, 0) is 6.42 Å². The van der Waals surface area contributed by atoms with E-state index in [9.17, 15) is 4.79 Å². The number of hydrogen-bond donors (Lipinski definition) is 1. The van der Waals surface area contributed by atoms with Crippen LogP contribution in [0.3, 0.4) is 0 Å². The van der Waals surface area contributed by atoms with Gasteiger partial charge in [-0.25, -0.2) is 4.98 Å². The van der Waals surface area contributed by atoms with E-state index >= 15 is 0 Å². The Morgan fingerprint density at radius 3 is 2.94 bits per heavy atom. The number of carbonyl (C=O) groups is 1. The second-order valence-corrected chi connectivity index (χ2v) is 4.90. The van der Waals surface area contributed by atoms with Crippen molar-refractivity contribution in [3.63, 3.8) is 0 Å². The first-order chi connectivity index (χ1) is 8.25. The summed E-state index contributed by atoms with van der Waals surface area (Å²) in [5, 5.41) is 3.87. The van der Waals surface area contributed by atoms with Crippen LogP contribution in [0, 0.1) is 6.92 Å². The van der Waals surface area contributed by atoms with E-state index in [2.05, 4.69) is 15.3 Å². The average molecular weight is 247 g/mol. The van der Waals surface area contributed by atoms with Crippen molar-refractivity contribution in [1.82, 2.24) is 15.3 Å². The van der Waals surface area contributed by atoms with Gasteiger partial charge in [-0.05, 0) is 19.1 Å². The third-order valence-corrected chi connectivity index (χ3v) is 3.16. The lowest BCUT2D eigenvalue weighted by molar-refractivity contribution is 0.0949. The molecule has 0 fully saturated rings. The van der Waals surface area contributed by atoms with E-state index in [4.69, 9.17) is 0 Å². The molecule has 0 radical (unpaired) electrons. The highest BCUT2D eigenvalue weighted by atomic mass is 32.1. The normalized spacial score (nSPS) is 10.2. The van der Waals surface area contributed by atoms with Gasteiger partial charge in [0.15, 0.2) is 0 Å². The summed E-state index contributed by atoms with van der Waals surface area (Å²) >= 11 is 1.66. The van der Waals surface area contributed by atoms with Crippen LogP contribution in [0.1, 0.15) is 20.4 Å². The fraction of sp³-hybridized carbons (Fsp3) is 0.250. The molecule has 0 aromatic carbocycles. The predicted octanol–water partition coefficient (Wildman–Crippen LogP) is 1.82. The van der Waals surface area contributed by atoms with Crippen molar-refractivity contribution in [2.75, 3.05) is 6.54 Å². The number of rotatable bonds is 4. The minimum atomic E-state index is -0.140. The van der Waals surface area contributed by atoms with Gasteiger partial charge in [-0.1, -0.05) is 6.07 Å². The number of amides is 1. The van der Waals surface area contributed by atoms with Crippen LogP contribution in [0.2, 0.25) is 0 Å². The molecule has 1 amide bonds. The van der Waals surface area contributed by atoms with Gasteiger partial charge in [-0.15, -0.1) is 11.3 Å². The number of hydrogen-bond acceptors (Lipinski definition) is 4. The number of nitrogens with zero attached hydrogens (tertiary/aromatic N) is 2. The number of pyridine rings is 1. The smallest absolute Gasteiger partial charge is 0.269 e. The Labute approximate surface area is 104 Å². The molecule has 0 saturated carbocycles. The third kappa shape index (κ3) is 3.35. The van der Waals surface area contributed by atoms with Crippen molar-refractivity contribution in [3.8, 4) is 0 Å². The standard InChI is InChI=1S/C12H13N3OS/c1-9-8-15-11(17-9)5-7-14-12(16)10-4-2-3-6-13-10/h2-4,6,8H,5,7H2,1H3,(H,14,16). The Balaban J connectivity index is 1.81. The lowest BCUT2D eigenvalue weighted by Gasteiger charge is -2.02. The Morgan fingerprint density at radius 1 is 1.41 bits per heavy atom. The fourth-order valence-corrected chi connectivity index (χ4v) is 2.17. The number of carbonyl (C=O) groups excluding carboxylic acids is 1. The van der Waals surface area contributed by atoms with Crippen LogP contribution in [0.5, 0.6) is 0 Å². The largest absolute Gasteiger partial charge is 0.350 e. The van der Waals surface area contributed by atoms with E-state index in [0.29, 0.717) is 12.2 Å². The summed E-state index contributed by atoms with van der Waals surface area (Å²) in [6.45, 7) is 2.61. The summed E-state index contributed by atoms with van der Waals surface area (Å²) in [4.78, 5) is 21.1. The molecule has 2 aromatic heterocycles. The maximum Gasteiger partial charge on any atom is 0.269 e. The molecule has 88 valence electrons. The molecule has 0 atom stereocenters. The monoisotopic (exact) mass is 247 g/mol. The van der Waals surface area contributed by atoms with E-state index in [1.165, 1.54) is 4.88 Å². The molecule has 0 aliphatic heterocycles. The van der Waals surface area contributed by atoms with Gasteiger partial charge in [-0.3, -0.25) is 9.78 Å². The molecule has 0 aliphatic carbocycles. The first-order valence-corrected chi connectivity index (χ1v) is 6.18. The quantitative estimate of drug-likeness (QED) is 0.896. The lowest BCUT2D eigenvalue weighted by Crippen LogP contribution is -2.26. The van der Waals surface area contributed by atoms with Gasteiger partial charge in [-0.2, -0.15) is 0 Å². The Morgan fingerprint density at radius 2 is 2.29 bits per heavy atom. The van der Waals surface area contributed by atoms with Crippen molar-refractivity contribution in [1.29, 1.82) is 0 Å². The van der Waals surface area contributed by atoms with Gasteiger partial charge in [0.05, 0.1) is 5.01 Å². The van der Waals surface area contributed by atoms with Crippen molar-refractivity contribution in [2.24, 2.45) is 0 Å². The van der Waals surface area contributed by atoms with Crippen molar-refractivity contribution in [3.05, 3.63) is 46.2 Å². The number of thiazole rings is 1. The molecule has 1 N–H and O–H groups in total. The number of nitrogens with one attached hydrogen (secondary N) is 1. The van der Waals surface area contributed by atoms with Crippen LogP contribution >= 0.6 is 11.3 Å². The molecular formula is C12H13N3OS. The van der Waals surface area contributed by atoms with Crippen LogP contribution in [0.25, 0.3) is 0 Å². The van der Waals surface area contributed by atoms with E-state index in [1.54, 1.807) is 35.7 Å². The van der Waals surface area contributed by atoms with Gasteiger partial charge in [0.1, 0.15) is 5.69 Å². The zero-order valence-corrected chi connectivity index (χ0v) is 10.3. The number of aromatic nitrogens is 2. The fourth-order valence-electron chi connectivity index (χ4n) is 1.39. The minimum absolute atomic E-state index is 0.140. The summed E-state index contributed by atoms with van der Waals surface area (Å²) in [5.41, 5.74) is 0.447. The lowest BCUT2D eigenvalue weighted by atomic mass is 10.3. The van der Waals surface area contributed by atoms with Crippen LogP contribution in [0.15, 0.2) is 30.6 Å². The Bertz CT molecular complexity index is 495. The van der Waals surface area contributed by atoms with E-state index < -0.39 is 0 Å². The summed E-state index contributed by atoms with van der Waals surface area (Å²) < 4.78 is 0. The first-order valence-electron chi connectivity index (χ1n) is 5.36. The zero-order valence-electron chi connectivity index (χ0n) is 9.51. The molecule has 17 heavy (non-hydrogen) atoms. The average Bonchev–Trinajstić information content (AvgIpc) is 2.76. The van der Waals surface area contributed by atoms with Crippen molar-refractivity contribution >= 4 is 17.2 Å². The van der Waals surface area contributed by atoms with Crippen molar-refractivity contribution < 1.29 is 4.79 Å². The van der Waals surface area contributed by atoms with Gasteiger partial charge >= 0.3 is 0 Å². The maximum atomic E-state index is 11.6. The van der Waals surface area contributed by atoms with E-state index in [-0.39, 0.29) is 5.91 Å². The molecule has 2 heterocycles. The summed E-state index contributed by atoms with van der Waals surface area (Å²) in [7, 11) is 0. The zero-order chi connectivity index (χ0) is 12.1. The second-order valence-electron chi connectivity index (χ2n) is 3.59. The van der Waals surface area contributed by atoms with Gasteiger partial charge < -0.3 is 5.32 Å². The molecule has 0 aliphatic rings. The molecule has 2 rings (SSSR count). The molecule has 0 unspecified atom stereocenters. The van der Waals surface area contributed by atoms with E-state index in [0.717, 1.165) is 11.4 Å². The maximum absolute atomic E-state index is 11.6. The van der Waals surface area contributed by atoms with Crippen LogP contribution in [0.4, 0.5) is 0 Å². The second kappa shape index (κ2) is 5.54. The molecular weight excluding hydrogens is 234 g/mol. The highest BCUT2D eigenvalue weighted by Crippen LogP contribution is 2.10. The first kappa shape index (κ1) is 11.7. The van der Waals surface area contributed by atoms with Gasteiger partial charge in [0.25, 0.3) is 5.91 Å².